The Hall–Kier alpha value is -4.13. The molecule has 0 unspecified atom stereocenters. The Kier molecular flexibility index (Phi) is 4.40. The minimum absolute atomic E-state index is 0.0995. The molecule has 1 fully saturated rings. The van der Waals surface area contributed by atoms with Crippen molar-refractivity contribution in [3.8, 4) is 5.69 Å². The largest absolute Gasteiger partial charge is 0.336 e. The lowest BCUT2D eigenvalue weighted by Gasteiger charge is -2.14. The molecule has 3 aromatic carbocycles. The van der Waals surface area contributed by atoms with Crippen LogP contribution in [0.4, 0.5) is 16.2 Å². The highest BCUT2D eigenvalue weighted by atomic mass is 16.2. The predicted octanol–water partition coefficient (Wildman–Crippen LogP) is 3.81. The summed E-state index contributed by atoms with van der Waals surface area (Å²) in [4.78, 5) is 30.4. The van der Waals surface area contributed by atoms with E-state index < -0.39 is 0 Å². The van der Waals surface area contributed by atoms with Crippen molar-refractivity contribution in [1.29, 1.82) is 0 Å². The lowest BCUT2D eigenvalue weighted by Crippen LogP contribution is -2.27. The number of anilines is 2. The second-order valence-corrected chi connectivity index (χ2v) is 7.03. The van der Waals surface area contributed by atoms with Crippen molar-refractivity contribution in [3.63, 3.8) is 0 Å². The Morgan fingerprint density at radius 1 is 0.933 bits per heavy atom. The van der Waals surface area contributed by atoms with Gasteiger partial charge in [-0.1, -0.05) is 12.1 Å². The van der Waals surface area contributed by atoms with Crippen LogP contribution in [0.25, 0.3) is 16.7 Å². The van der Waals surface area contributed by atoms with Gasteiger partial charge in [0.2, 0.25) is 0 Å². The van der Waals surface area contributed by atoms with E-state index in [9.17, 15) is 9.59 Å². The summed E-state index contributed by atoms with van der Waals surface area (Å²) in [6, 6.07) is 22.5. The molecule has 3 amide bonds. The summed E-state index contributed by atoms with van der Waals surface area (Å²) in [6.07, 6.45) is 1.78. The lowest BCUT2D eigenvalue weighted by molar-refractivity contribution is 0.102. The highest BCUT2D eigenvalue weighted by molar-refractivity contribution is 6.04. The van der Waals surface area contributed by atoms with Crippen LogP contribution < -0.4 is 15.5 Å². The number of carbonyl (C=O) groups is 2. The van der Waals surface area contributed by atoms with E-state index in [4.69, 9.17) is 0 Å². The highest BCUT2D eigenvalue weighted by Crippen LogP contribution is 2.21. The molecule has 7 nitrogen and oxygen atoms in total. The molecule has 1 aromatic heterocycles. The first kappa shape index (κ1) is 17.9. The molecule has 0 aliphatic carbocycles. The van der Waals surface area contributed by atoms with E-state index in [-0.39, 0.29) is 11.9 Å². The number of carbonyl (C=O) groups excluding carboxylic acids is 2. The van der Waals surface area contributed by atoms with Gasteiger partial charge in [-0.15, -0.1) is 0 Å². The van der Waals surface area contributed by atoms with Crippen LogP contribution in [0.15, 0.2) is 79.1 Å². The van der Waals surface area contributed by atoms with Crippen molar-refractivity contribution in [3.05, 3.63) is 84.7 Å². The highest BCUT2D eigenvalue weighted by Gasteiger charge is 2.20. The second kappa shape index (κ2) is 7.36. The van der Waals surface area contributed by atoms with Gasteiger partial charge in [0.1, 0.15) is 6.33 Å². The smallest absolute Gasteiger partial charge is 0.321 e. The summed E-state index contributed by atoms with van der Waals surface area (Å²) < 4.78 is 1.99. The van der Waals surface area contributed by atoms with Crippen molar-refractivity contribution in [2.75, 3.05) is 23.3 Å². The number of hydrogen-bond acceptors (Lipinski definition) is 3. The monoisotopic (exact) mass is 397 g/mol. The number of fused-ring (bicyclic) bond motifs is 1. The molecule has 0 bridgehead atoms. The molecule has 30 heavy (non-hydrogen) atoms. The number of urea groups is 1. The molecule has 4 aromatic rings. The quantitative estimate of drug-likeness (QED) is 0.550. The molecule has 0 saturated carbocycles. The number of aromatic nitrogens is 2. The van der Waals surface area contributed by atoms with Gasteiger partial charge in [-0.2, -0.15) is 0 Å². The average molecular weight is 397 g/mol. The van der Waals surface area contributed by atoms with Crippen LogP contribution in [0, 0.1) is 0 Å². The first-order valence-corrected chi connectivity index (χ1v) is 9.68. The normalized spacial score (nSPS) is 13.5. The van der Waals surface area contributed by atoms with Crippen LogP contribution >= 0.6 is 0 Å². The van der Waals surface area contributed by atoms with Gasteiger partial charge in [0.25, 0.3) is 5.91 Å². The maximum atomic E-state index is 12.6. The third-order valence-electron chi connectivity index (χ3n) is 5.15. The van der Waals surface area contributed by atoms with E-state index >= 15 is 0 Å². The molecule has 0 spiro atoms. The Morgan fingerprint density at radius 3 is 2.40 bits per heavy atom. The van der Waals surface area contributed by atoms with Crippen LogP contribution in [-0.4, -0.2) is 34.6 Å². The topological polar surface area (TPSA) is 79.3 Å². The zero-order chi connectivity index (χ0) is 20.5. The van der Waals surface area contributed by atoms with Crippen LogP contribution in [-0.2, 0) is 0 Å². The fourth-order valence-corrected chi connectivity index (χ4v) is 3.58. The van der Waals surface area contributed by atoms with E-state index in [0.29, 0.717) is 24.3 Å². The zero-order valence-electron chi connectivity index (χ0n) is 16.1. The molecule has 0 atom stereocenters. The van der Waals surface area contributed by atoms with Gasteiger partial charge >= 0.3 is 6.03 Å². The standard InChI is InChI=1S/C23H19N5O2/c29-22(26-17-7-11-18(12-8-17)27-14-13-24-23(27)30)16-5-9-19(10-6-16)28-15-25-20-3-1-2-4-21(20)28/h1-12,15H,13-14H2,(H,24,30)(H,26,29). The summed E-state index contributed by atoms with van der Waals surface area (Å²) in [5, 5.41) is 5.67. The predicted molar refractivity (Wildman–Crippen MR) is 116 cm³/mol. The van der Waals surface area contributed by atoms with Crippen molar-refractivity contribution in [2.45, 2.75) is 0 Å². The zero-order valence-corrected chi connectivity index (χ0v) is 16.1. The lowest BCUT2D eigenvalue weighted by atomic mass is 10.1. The number of nitrogens with zero attached hydrogens (tertiary/aromatic N) is 3. The molecular weight excluding hydrogens is 378 g/mol. The molecule has 7 heteroatoms. The maximum Gasteiger partial charge on any atom is 0.321 e. The number of hydrogen-bond donors (Lipinski definition) is 2. The summed E-state index contributed by atoms with van der Waals surface area (Å²) in [7, 11) is 0. The molecule has 1 saturated heterocycles. The van der Waals surface area contributed by atoms with Crippen LogP contribution in [0.1, 0.15) is 10.4 Å². The summed E-state index contributed by atoms with van der Waals surface area (Å²) in [5.41, 5.74) is 4.92. The minimum Gasteiger partial charge on any atom is -0.336 e. The van der Waals surface area contributed by atoms with Gasteiger partial charge in [0, 0.05) is 35.7 Å². The third kappa shape index (κ3) is 3.26. The van der Waals surface area contributed by atoms with Crippen molar-refractivity contribution < 1.29 is 9.59 Å². The van der Waals surface area contributed by atoms with Crippen molar-refractivity contribution in [1.82, 2.24) is 14.9 Å². The van der Waals surface area contributed by atoms with Gasteiger partial charge in [-0.05, 0) is 60.7 Å². The second-order valence-electron chi connectivity index (χ2n) is 7.03. The molecule has 1 aliphatic rings. The number of imidazole rings is 1. The molecule has 2 N–H and O–H groups in total. The molecule has 1 aliphatic heterocycles. The Bertz CT molecular complexity index is 1230. The number of nitrogens with one attached hydrogen (secondary N) is 2. The van der Waals surface area contributed by atoms with E-state index in [1.54, 1.807) is 35.5 Å². The summed E-state index contributed by atoms with van der Waals surface area (Å²) >= 11 is 0. The van der Waals surface area contributed by atoms with E-state index in [1.807, 2.05) is 53.1 Å². The number of rotatable bonds is 4. The van der Waals surface area contributed by atoms with Gasteiger partial charge in [0.15, 0.2) is 0 Å². The maximum absolute atomic E-state index is 12.6. The third-order valence-corrected chi connectivity index (χ3v) is 5.15. The van der Waals surface area contributed by atoms with E-state index in [2.05, 4.69) is 15.6 Å². The SMILES string of the molecule is O=C(Nc1ccc(N2CCNC2=O)cc1)c1ccc(-n2cnc3ccccc32)cc1. The summed E-state index contributed by atoms with van der Waals surface area (Å²) in [5.74, 6) is -0.191. The van der Waals surface area contributed by atoms with Gasteiger partial charge in [0.05, 0.1) is 11.0 Å². The van der Waals surface area contributed by atoms with Crippen LogP contribution in [0.3, 0.4) is 0 Å². The van der Waals surface area contributed by atoms with Crippen molar-refractivity contribution in [2.24, 2.45) is 0 Å². The fraction of sp³-hybridized carbons (Fsp3) is 0.0870. The molecule has 148 valence electrons. The molecule has 2 heterocycles. The Balaban J connectivity index is 1.30. The first-order chi connectivity index (χ1) is 14.7. The minimum atomic E-state index is -0.191. The Labute approximate surface area is 173 Å². The number of para-hydroxylation sites is 2. The van der Waals surface area contributed by atoms with E-state index in [0.717, 1.165) is 22.4 Å². The Morgan fingerprint density at radius 2 is 1.67 bits per heavy atom. The van der Waals surface area contributed by atoms with Crippen LogP contribution in [0.5, 0.6) is 0 Å². The average Bonchev–Trinajstić information content (AvgIpc) is 3.41. The number of amides is 3. The summed E-state index contributed by atoms with van der Waals surface area (Å²) in [6.45, 7) is 1.28. The van der Waals surface area contributed by atoms with Crippen molar-refractivity contribution >= 4 is 34.3 Å². The molecule has 5 rings (SSSR count). The molecular formula is C23H19N5O2. The van der Waals surface area contributed by atoms with Gasteiger partial charge in [-0.25, -0.2) is 9.78 Å². The van der Waals surface area contributed by atoms with Gasteiger partial charge < -0.3 is 10.6 Å². The fourth-order valence-electron chi connectivity index (χ4n) is 3.58. The van der Waals surface area contributed by atoms with Gasteiger partial charge in [-0.3, -0.25) is 14.3 Å². The number of benzene rings is 3. The van der Waals surface area contributed by atoms with Crippen LogP contribution in [0.2, 0.25) is 0 Å². The van der Waals surface area contributed by atoms with E-state index in [1.165, 1.54) is 0 Å². The molecule has 0 radical (unpaired) electrons. The first-order valence-electron chi connectivity index (χ1n) is 9.68.